The van der Waals surface area contributed by atoms with Gasteiger partial charge in [0.1, 0.15) is 5.82 Å². The first-order valence-electron chi connectivity index (χ1n) is 10.6. The molecule has 0 aliphatic carbocycles. The molecular formula is C26H23N5. The molecule has 2 aromatic carbocycles. The first-order chi connectivity index (χ1) is 15.3. The number of fused-ring (bicyclic) bond motifs is 1. The van der Waals surface area contributed by atoms with Crippen LogP contribution in [0.2, 0.25) is 0 Å². The molecule has 5 aromatic rings. The van der Waals surface area contributed by atoms with Crippen LogP contribution in [-0.4, -0.2) is 24.9 Å². The average Bonchev–Trinajstić information content (AvgIpc) is 3.24. The van der Waals surface area contributed by atoms with Crippen molar-refractivity contribution in [2.45, 2.75) is 26.2 Å². The Morgan fingerprint density at radius 2 is 1.65 bits per heavy atom. The van der Waals surface area contributed by atoms with Crippen LogP contribution >= 0.6 is 0 Å². The summed E-state index contributed by atoms with van der Waals surface area (Å²) < 4.78 is 0. The van der Waals surface area contributed by atoms with Gasteiger partial charge in [0.2, 0.25) is 0 Å². The van der Waals surface area contributed by atoms with Gasteiger partial charge in [-0.25, -0.2) is 4.98 Å². The second kappa shape index (κ2) is 8.48. The van der Waals surface area contributed by atoms with Crippen molar-refractivity contribution in [1.82, 2.24) is 24.9 Å². The molecule has 0 spiro atoms. The van der Waals surface area contributed by atoms with E-state index in [2.05, 4.69) is 64.3 Å². The minimum Gasteiger partial charge on any atom is -0.340 e. The molecule has 0 aliphatic heterocycles. The third-order valence-electron chi connectivity index (χ3n) is 5.28. The summed E-state index contributed by atoms with van der Waals surface area (Å²) in [6.45, 7) is 2.17. The molecule has 0 aliphatic rings. The molecule has 0 saturated heterocycles. The first kappa shape index (κ1) is 19.1. The van der Waals surface area contributed by atoms with Crippen LogP contribution in [0.25, 0.3) is 33.7 Å². The summed E-state index contributed by atoms with van der Waals surface area (Å²) in [6, 6.07) is 22.7. The van der Waals surface area contributed by atoms with Crippen LogP contribution in [0.15, 0.2) is 79.1 Å². The van der Waals surface area contributed by atoms with Crippen molar-refractivity contribution in [1.29, 1.82) is 0 Å². The lowest BCUT2D eigenvalue weighted by Crippen LogP contribution is -1.93. The van der Waals surface area contributed by atoms with E-state index in [0.717, 1.165) is 64.5 Å². The van der Waals surface area contributed by atoms with Gasteiger partial charge in [0.05, 0.1) is 28.1 Å². The number of aromatic nitrogens is 5. The highest BCUT2D eigenvalue weighted by Gasteiger charge is 2.16. The zero-order chi connectivity index (χ0) is 21.0. The van der Waals surface area contributed by atoms with Crippen LogP contribution < -0.4 is 0 Å². The van der Waals surface area contributed by atoms with Crippen molar-refractivity contribution in [2.75, 3.05) is 0 Å². The van der Waals surface area contributed by atoms with E-state index in [-0.39, 0.29) is 0 Å². The number of imidazole rings is 1. The van der Waals surface area contributed by atoms with Gasteiger partial charge in [-0.2, -0.15) is 0 Å². The average molecular weight is 406 g/mol. The highest BCUT2D eigenvalue weighted by atomic mass is 15.0. The molecule has 0 atom stereocenters. The van der Waals surface area contributed by atoms with Crippen LogP contribution in [0.1, 0.15) is 30.4 Å². The van der Waals surface area contributed by atoms with Crippen LogP contribution in [0, 0.1) is 0 Å². The van der Waals surface area contributed by atoms with Gasteiger partial charge in [0.25, 0.3) is 0 Å². The lowest BCUT2D eigenvalue weighted by atomic mass is 10.1. The number of hydrogen-bond acceptors (Lipinski definition) is 4. The molecule has 31 heavy (non-hydrogen) atoms. The number of nitrogens with one attached hydrogen (secondary N) is 1. The van der Waals surface area contributed by atoms with Crippen molar-refractivity contribution < 1.29 is 0 Å². The van der Waals surface area contributed by atoms with Crippen molar-refractivity contribution in [2.24, 2.45) is 0 Å². The number of H-pyrrole nitrogens is 1. The first-order valence-corrected chi connectivity index (χ1v) is 10.6. The molecule has 0 radical (unpaired) electrons. The molecule has 0 unspecified atom stereocenters. The Bertz CT molecular complexity index is 1320. The van der Waals surface area contributed by atoms with Gasteiger partial charge in [-0.15, -0.1) is 0 Å². The minimum absolute atomic E-state index is 0.732. The zero-order valence-corrected chi connectivity index (χ0v) is 17.4. The normalized spacial score (nSPS) is 11.1. The molecule has 0 amide bonds. The number of nitrogens with zero attached hydrogens (tertiary/aromatic N) is 4. The summed E-state index contributed by atoms with van der Waals surface area (Å²) in [5, 5.41) is 0. The molecule has 5 nitrogen and oxygen atoms in total. The Hall–Kier alpha value is -3.86. The quantitative estimate of drug-likeness (QED) is 0.398. The van der Waals surface area contributed by atoms with Crippen LogP contribution in [0.5, 0.6) is 0 Å². The van der Waals surface area contributed by atoms with Crippen LogP contribution in [-0.2, 0) is 12.8 Å². The number of hydrogen-bond donors (Lipinski definition) is 1. The van der Waals surface area contributed by atoms with Gasteiger partial charge in [-0.05, 0) is 36.2 Å². The van der Waals surface area contributed by atoms with E-state index in [1.165, 1.54) is 5.56 Å². The molecule has 3 aromatic heterocycles. The van der Waals surface area contributed by atoms with Crippen molar-refractivity contribution in [3.05, 3.63) is 96.2 Å². The summed E-state index contributed by atoms with van der Waals surface area (Å²) >= 11 is 0. The molecular weight excluding hydrogens is 382 g/mol. The van der Waals surface area contributed by atoms with E-state index in [4.69, 9.17) is 9.97 Å². The topological polar surface area (TPSA) is 67.3 Å². The van der Waals surface area contributed by atoms with Crippen molar-refractivity contribution in [3.63, 3.8) is 0 Å². The molecule has 0 saturated carbocycles. The second-order valence-corrected chi connectivity index (χ2v) is 7.59. The molecule has 0 bridgehead atoms. The fourth-order valence-corrected chi connectivity index (χ4v) is 3.81. The largest absolute Gasteiger partial charge is 0.340 e. The second-order valence-electron chi connectivity index (χ2n) is 7.59. The predicted octanol–water partition coefficient (Wildman–Crippen LogP) is 5.63. The highest BCUT2D eigenvalue weighted by Crippen LogP contribution is 2.31. The Morgan fingerprint density at radius 1 is 0.806 bits per heavy atom. The number of pyridine rings is 1. The van der Waals surface area contributed by atoms with Gasteiger partial charge in [0.15, 0.2) is 0 Å². The molecule has 5 heteroatoms. The lowest BCUT2D eigenvalue weighted by molar-refractivity contribution is 0.883. The maximum Gasteiger partial charge on any atom is 0.111 e. The summed E-state index contributed by atoms with van der Waals surface area (Å²) in [6.07, 6.45) is 6.18. The Balaban J connectivity index is 1.63. The van der Waals surface area contributed by atoms with Gasteiger partial charge >= 0.3 is 0 Å². The fraction of sp³-hybridized carbons (Fsp3) is 0.154. The maximum atomic E-state index is 4.99. The number of benzene rings is 2. The van der Waals surface area contributed by atoms with Crippen LogP contribution in [0.3, 0.4) is 0 Å². The standard InChI is InChI=1S/C26H23N5/c1-2-7-20-10-6-11-22(29-20)26-25(19-12-13-21-23(17-19)28-15-14-27-21)30-24(31-26)16-18-8-4-3-5-9-18/h3-6,8-15,17H,2,7,16H2,1H3,(H,30,31). The molecule has 3 heterocycles. The van der Waals surface area contributed by atoms with E-state index in [1.807, 2.05) is 24.3 Å². The van der Waals surface area contributed by atoms with E-state index in [1.54, 1.807) is 12.4 Å². The molecule has 1 N–H and O–H groups in total. The lowest BCUT2D eigenvalue weighted by Gasteiger charge is -2.06. The monoisotopic (exact) mass is 405 g/mol. The smallest absolute Gasteiger partial charge is 0.111 e. The summed E-state index contributed by atoms with van der Waals surface area (Å²) in [4.78, 5) is 22.3. The van der Waals surface area contributed by atoms with Crippen LogP contribution in [0.4, 0.5) is 0 Å². The van der Waals surface area contributed by atoms with E-state index in [9.17, 15) is 0 Å². The maximum absolute atomic E-state index is 4.99. The van der Waals surface area contributed by atoms with Gasteiger partial charge in [0, 0.05) is 30.1 Å². The molecule has 0 fully saturated rings. The zero-order valence-electron chi connectivity index (χ0n) is 17.4. The third kappa shape index (κ3) is 4.08. The van der Waals surface area contributed by atoms with E-state index >= 15 is 0 Å². The summed E-state index contributed by atoms with van der Waals surface area (Å²) in [5.74, 6) is 0.915. The van der Waals surface area contributed by atoms with Gasteiger partial charge in [-0.3, -0.25) is 15.0 Å². The Labute approximate surface area is 181 Å². The third-order valence-corrected chi connectivity index (χ3v) is 5.28. The number of aromatic amines is 1. The fourth-order valence-electron chi connectivity index (χ4n) is 3.81. The minimum atomic E-state index is 0.732. The number of aryl methyl sites for hydroxylation is 1. The molecule has 152 valence electrons. The SMILES string of the molecule is CCCc1cccc(-c2[nH]c(Cc3ccccc3)nc2-c2ccc3nccnc3c2)n1. The summed E-state index contributed by atoms with van der Waals surface area (Å²) in [7, 11) is 0. The highest BCUT2D eigenvalue weighted by molar-refractivity contribution is 5.84. The van der Waals surface area contributed by atoms with Crippen molar-refractivity contribution in [3.8, 4) is 22.6 Å². The van der Waals surface area contributed by atoms with E-state index in [0.29, 0.717) is 0 Å². The van der Waals surface area contributed by atoms with Gasteiger partial charge in [-0.1, -0.05) is 55.8 Å². The molecule has 5 rings (SSSR count). The van der Waals surface area contributed by atoms with Crippen molar-refractivity contribution >= 4 is 11.0 Å². The predicted molar refractivity (Wildman–Crippen MR) is 124 cm³/mol. The Morgan fingerprint density at radius 3 is 2.48 bits per heavy atom. The van der Waals surface area contributed by atoms with Gasteiger partial charge < -0.3 is 4.98 Å². The van der Waals surface area contributed by atoms with E-state index < -0.39 is 0 Å². The summed E-state index contributed by atoms with van der Waals surface area (Å²) in [5.41, 5.74) is 7.77. The Kier molecular flexibility index (Phi) is 5.23. The number of rotatable bonds is 6.